The maximum atomic E-state index is 12.5. The minimum absolute atomic E-state index is 0.110. The zero-order valence-corrected chi connectivity index (χ0v) is 12.9. The average molecular weight is 300 g/mol. The molecule has 0 bridgehead atoms. The van der Waals surface area contributed by atoms with Crippen molar-refractivity contribution in [1.29, 1.82) is 0 Å². The topological polar surface area (TPSA) is 62.6 Å². The van der Waals surface area contributed by atoms with Crippen molar-refractivity contribution in [2.24, 2.45) is 0 Å². The summed E-state index contributed by atoms with van der Waals surface area (Å²) >= 11 is 0. The Hall–Kier alpha value is -2.30. The zero-order chi connectivity index (χ0) is 15.7. The van der Waals surface area contributed by atoms with Crippen LogP contribution in [0.15, 0.2) is 28.7 Å². The number of para-hydroxylation sites is 1. The minimum Gasteiger partial charge on any atom is -0.461 e. The first-order chi connectivity index (χ1) is 10.6. The SMILES string of the molecule is CCCN1CC(NC(=O)c2cccc3cc(C)oc23)CC1=O. The van der Waals surface area contributed by atoms with E-state index in [-0.39, 0.29) is 17.9 Å². The maximum Gasteiger partial charge on any atom is 0.255 e. The van der Waals surface area contributed by atoms with Gasteiger partial charge in [0.2, 0.25) is 5.91 Å². The fourth-order valence-electron chi connectivity index (χ4n) is 2.99. The first kappa shape index (κ1) is 14.6. The predicted molar refractivity (Wildman–Crippen MR) is 83.7 cm³/mol. The van der Waals surface area contributed by atoms with Gasteiger partial charge in [0.15, 0.2) is 0 Å². The monoisotopic (exact) mass is 300 g/mol. The summed E-state index contributed by atoms with van der Waals surface area (Å²) in [6.45, 7) is 5.24. The van der Waals surface area contributed by atoms with Crippen molar-refractivity contribution in [3.05, 3.63) is 35.6 Å². The van der Waals surface area contributed by atoms with Crippen molar-refractivity contribution >= 4 is 22.8 Å². The zero-order valence-electron chi connectivity index (χ0n) is 12.9. The summed E-state index contributed by atoms with van der Waals surface area (Å²) in [5.41, 5.74) is 1.12. The number of likely N-dealkylation sites (tertiary alicyclic amines) is 1. The number of aryl methyl sites for hydroxylation is 1. The van der Waals surface area contributed by atoms with Gasteiger partial charge in [-0.1, -0.05) is 19.1 Å². The molecule has 5 heteroatoms. The van der Waals surface area contributed by atoms with E-state index < -0.39 is 0 Å². The van der Waals surface area contributed by atoms with E-state index in [1.807, 2.05) is 36.9 Å². The Morgan fingerprint density at radius 2 is 2.27 bits per heavy atom. The number of amides is 2. The number of fused-ring (bicyclic) bond motifs is 1. The van der Waals surface area contributed by atoms with Crippen molar-refractivity contribution in [1.82, 2.24) is 10.2 Å². The van der Waals surface area contributed by atoms with Crippen LogP contribution >= 0.6 is 0 Å². The van der Waals surface area contributed by atoms with Gasteiger partial charge in [0.1, 0.15) is 11.3 Å². The highest BCUT2D eigenvalue weighted by atomic mass is 16.3. The molecule has 1 unspecified atom stereocenters. The molecular formula is C17H20N2O3. The third-order valence-electron chi connectivity index (χ3n) is 3.96. The molecule has 1 saturated heterocycles. The number of hydrogen-bond acceptors (Lipinski definition) is 3. The second-order valence-electron chi connectivity index (χ2n) is 5.80. The average Bonchev–Trinajstić information content (AvgIpc) is 3.01. The van der Waals surface area contributed by atoms with Crippen LogP contribution in [0.2, 0.25) is 0 Å². The number of hydrogen-bond donors (Lipinski definition) is 1. The van der Waals surface area contributed by atoms with E-state index in [4.69, 9.17) is 4.42 Å². The Labute approximate surface area is 129 Å². The molecule has 1 atom stereocenters. The van der Waals surface area contributed by atoms with Gasteiger partial charge in [0.05, 0.1) is 11.6 Å². The van der Waals surface area contributed by atoms with Gasteiger partial charge in [-0.05, 0) is 25.5 Å². The molecule has 3 rings (SSSR count). The van der Waals surface area contributed by atoms with E-state index >= 15 is 0 Å². The Bertz CT molecular complexity index is 720. The molecule has 1 aromatic carbocycles. The highest BCUT2D eigenvalue weighted by Gasteiger charge is 2.30. The number of nitrogens with one attached hydrogen (secondary N) is 1. The lowest BCUT2D eigenvalue weighted by atomic mass is 10.1. The molecule has 0 radical (unpaired) electrons. The first-order valence-electron chi connectivity index (χ1n) is 7.66. The lowest BCUT2D eigenvalue weighted by Crippen LogP contribution is -2.37. The fraction of sp³-hybridized carbons (Fsp3) is 0.412. The number of carbonyl (C=O) groups excluding carboxylic acids is 2. The second kappa shape index (κ2) is 5.83. The van der Waals surface area contributed by atoms with Crippen LogP contribution in [0, 0.1) is 6.92 Å². The van der Waals surface area contributed by atoms with Crippen LogP contribution in [0.3, 0.4) is 0 Å². The van der Waals surface area contributed by atoms with Crippen LogP contribution in [0.1, 0.15) is 35.9 Å². The molecule has 5 nitrogen and oxygen atoms in total. The summed E-state index contributed by atoms with van der Waals surface area (Å²) in [4.78, 5) is 26.2. The quantitative estimate of drug-likeness (QED) is 0.943. The second-order valence-corrected chi connectivity index (χ2v) is 5.80. The lowest BCUT2D eigenvalue weighted by molar-refractivity contribution is -0.127. The van der Waals surface area contributed by atoms with Crippen molar-refractivity contribution in [2.45, 2.75) is 32.7 Å². The van der Waals surface area contributed by atoms with Crippen LogP contribution in [0.5, 0.6) is 0 Å². The third-order valence-corrected chi connectivity index (χ3v) is 3.96. The molecule has 2 aromatic rings. The maximum absolute atomic E-state index is 12.5. The Morgan fingerprint density at radius 1 is 1.45 bits per heavy atom. The van der Waals surface area contributed by atoms with E-state index in [2.05, 4.69) is 5.32 Å². The Balaban J connectivity index is 1.76. The summed E-state index contributed by atoms with van der Waals surface area (Å²) in [5.74, 6) is 0.704. The van der Waals surface area contributed by atoms with Crippen LogP contribution in [-0.2, 0) is 4.79 Å². The van der Waals surface area contributed by atoms with Crippen LogP contribution in [-0.4, -0.2) is 35.8 Å². The van der Waals surface area contributed by atoms with Crippen LogP contribution in [0.4, 0.5) is 0 Å². The van der Waals surface area contributed by atoms with Gasteiger partial charge in [0, 0.05) is 24.9 Å². The molecule has 22 heavy (non-hydrogen) atoms. The van der Waals surface area contributed by atoms with E-state index in [1.54, 1.807) is 6.07 Å². The summed E-state index contributed by atoms with van der Waals surface area (Å²) in [5, 5.41) is 3.87. The number of rotatable bonds is 4. The first-order valence-corrected chi connectivity index (χ1v) is 7.66. The van der Waals surface area contributed by atoms with Crippen molar-refractivity contribution in [3.8, 4) is 0 Å². The Kier molecular flexibility index (Phi) is 3.88. The van der Waals surface area contributed by atoms with E-state index in [0.717, 1.165) is 24.1 Å². The summed E-state index contributed by atoms with van der Waals surface area (Å²) in [6.07, 6.45) is 1.30. The highest BCUT2D eigenvalue weighted by molar-refractivity contribution is 6.05. The normalized spacial score (nSPS) is 18.2. The van der Waals surface area contributed by atoms with Gasteiger partial charge in [-0.25, -0.2) is 0 Å². The molecule has 0 saturated carbocycles. The molecule has 2 amide bonds. The van der Waals surface area contributed by atoms with Crippen LogP contribution < -0.4 is 5.32 Å². The minimum atomic E-state index is -0.184. The van der Waals surface area contributed by atoms with Gasteiger partial charge in [-0.3, -0.25) is 9.59 Å². The van der Waals surface area contributed by atoms with Crippen molar-refractivity contribution in [2.75, 3.05) is 13.1 Å². The molecule has 1 fully saturated rings. The van der Waals surface area contributed by atoms with Gasteiger partial charge >= 0.3 is 0 Å². The predicted octanol–water partition coefficient (Wildman–Crippen LogP) is 2.48. The largest absolute Gasteiger partial charge is 0.461 e. The molecule has 1 aliphatic heterocycles. The summed E-state index contributed by atoms with van der Waals surface area (Å²) in [7, 11) is 0. The van der Waals surface area contributed by atoms with Gasteiger partial charge in [-0.2, -0.15) is 0 Å². The number of benzene rings is 1. The lowest BCUT2D eigenvalue weighted by Gasteiger charge is -2.16. The van der Waals surface area contributed by atoms with Gasteiger partial charge in [-0.15, -0.1) is 0 Å². The Morgan fingerprint density at radius 3 is 3.05 bits per heavy atom. The third kappa shape index (κ3) is 2.71. The molecule has 1 aromatic heterocycles. The van der Waals surface area contributed by atoms with Gasteiger partial charge in [0.25, 0.3) is 5.91 Å². The van der Waals surface area contributed by atoms with E-state index in [1.165, 1.54) is 0 Å². The number of carbonyl (C=O) groups is 2. The van der Waals surface area contributed by atoms with Crippen molar-refractivity contribution < 1.29 is 14.0 Å². The number of nitrogens with zero attached hydrogens (tertiary/aromatic N) is 1. The van der Waals surface area contributed by atoms with E-state index in [0.29, 0.717) is 24.1 Å². The standard InChI is InChI=1S/C17H20N2O3/c1-3-7-19-10-13(9-15(19)20)18-17(21)14-6-4-5-12-8-11(2)22-16(12)14/h4-6,8,13H,3,7,9-10H2,1-2H3,(H,18,21). The molecule has 2 heterocycles. The molecule has 0 aliphatic carbocycles. The van der Waals surface area contributed by atoms with Gasteiger partial charge < -0.3 is 14.6 Å². The summed E-state index contributed by atoms with van der Waals surface area (Å²) in [6, 6.07) is 7.30. The molecular weight excluding hydrogens is 280 g/mol. The summed E-state index contributed by atoms with van der Waals surface area (Å²) < 4.78 is 5.63. The smallest absolute Gasteiger partial charge is 0.255 e. The van der Waals surface area contributed by atoms with Crippen LogP contribution in [0.25, 0.3) is 11.0 Å². The number of furan rings is 1. The van der Waals surface area contributed by atoms with Crippen molar-refractivity contribution in [3.63, 3.8) is 0 Å². The highest BCUT2D eigenvalue weighted by Crippen LogP contribution is 2.23. The molecule has 0 spiro atoms. The fourth-order valence-corrected chi connectivity index (χ4v) is 2.99. The van der Waals surface area contributed by atoms with E-state index in [9.17, 15) is 9.59 Å². The molecule has 1 aliphatic rings. The molecule has 116 valence electrons. The molecule has 1 N–H and O–H groups in total.